The molecule has 0 N–H and O–H groups in total. The zero-order valence-electron chi connectivity index (χ0n) is 7.10. The number of hydrogen-bond donors (Lipinski definition) is 0. The van der Waals surface area contributed by atoms with Gasteiger partial charge in [0.05, 0.1) is 16.3 Å². The Hall–Kier alpha value is -1.42. The molecule has 0 fully saturated rings. The van der Waals surface area contributed by atoms with Gasteiger partial charge in [-0.05, 0) is 19.1 Å². The number of nitrogens with zero attached hydrogens (tertiary/aromatic N) is 2. The quantitative estimate of drug-likeness (QED) is 0.682. The molecule has 0 aliphatic heterocycles. The summed E-state index contributed by atoms with van der Waals surface area (Å²) in [6.45, 7) is 1.93. The fourth-order valence-electron chi connectivity index (χ4n) is 1.08. The van der Waals surface area contributed by atoms with Gasteiger partial charge in [0.15, 0.2) is 6.29 Å². The number of carbonyl (C=O) groups excluding carboxylic acids is 1. The van der Waals surface area contributed by atoms with Crippen molar-refractivity contribution in [3.63, 3.8) is 0 Å². The highest BCUT2D eigenvalue weighted by atomic mass is 32.1. The molecular formula is C9H8N2OS. The van der Waals surface area contributed by atoms with Gasteiger partial charge in [0.1, 0.15) is 0 Å². The van der Waals surface area contributed by atoms with Gasteiger partial charge in [-0.3, -0.25) is 4.79 Å². The molecule has 0 saturated carbocycles. The van der Waals surface area contributed by atoms with E-state index in [9.17, 15) is 4.79 Å². The van der Waals surface area contributed by atoms with Gasteiger partial charge < -0.3 is 0 Å². The van der Waals surface area contributed by atoms with Gasteiger partial charge in [0, 0.05) is 11.6 Å². The van der Waals surface area contributed by atoms with Crippen molar-refractivity contribution in [3.05, 3.63) is 34.3 Å². The first-order chi connectivity index (χ1) is 6.29. The third-order valence-electron chi connectivity index (χ3n) is 1.71. The third kappa shape index (κ3) is 1.53. The summed E-state index contributed by atoms with van der Waals surface area (Å²) in [6.07, 6.45) is 2.73. The molecule has 0 saturated heterocycles. The highest BCUT2D eigenvalue weighted by Crippen LogP contribution is 2.16. The van der Waals surface area contributed by atoms with Gasteiger partial charge in [-0.1, -0.05) is 0 Å². The van der Waals surface area contributed by atoms with Gasteiger partial charge in [-0.2, -0.15) is 5.10 Å². The summed E-state index contributed by atoms with van der Waals surface area (Å²) in [5, 5.41) is 6.15. The van der Waals surface area contributed by atoms with Crippen molar-refractivity contribution >= 4 is 17.6 Å². The topological polar surface area (TPSA) is 34.9 Å². The van der Waals surface area contributed by atoms with E-state index in [1.165, 1.54) is 11.3 Å². The maximum absolute atomic E-state index is 10.4. The zero-order valence-corrected chi connectivity index (χ0v) is 7.91. The molecule has 3 nitrogen and oxygen atoms in total. The van der Waals surface area contributed by atoms with E-state index in [0.717, 1.165) is 22.5 Å². The molecule has 2 heterocycles. The highest BCUT2D eigenvalue weighted by Gasteiger charge is 2.01. The summed E-state index contributed by atoms with van der Waals surface area (Å²) in [6, 6.07) is 3.75. The van der Waals surface area contributed by atoms with Crippen molar-refractivity contribution in [2.45, 2.75) is 6.92 Å². The van der Waals surface area contributed by atoms with Crippen LogP contribution in [0.25, 0.3) is 5.69 Å². The Morgan fingerprint density at radius 3 is 3.00 bits per heavy atom. The van der Waals surface area contributed by atoms with Crippen molar-refractivity contribution in [1.82, 2.24) is 9.78 Å². The number of carbonyl (C=O) groups is 1. The first-order valence-corrected chi connectivity index (χ1v) is 4.74. The molecule has 0 unspecified atom stereocenters. The van der Waals surface area contributed by atoms with Crippen molar-refractivity contribution in [1.29, 1.82) is 0 Å². The fourth-order valence-corrected chi connectivity index (χ4v) is 1.76. The molecule has 0 atom stereocenters. The Balaban J connectivity index is 2.40. The Morgan fingerprint density at radius 1 is 1.62 bits per heavy atom. The van der Waals surface area contributed by atoms with Crippen LogP contribution in [0.1, 0.15) is 15.4 Å². The molecule has 4 heteroatoms. The number of thiophene rings is 1. The third-order valence-corrected chi connectivity index (χ3v) is 2.55. The lowest BCUT2D eigenvalue weighted by atomic mass is 10.4. The van der Waals surface area contributed by atoms with Crippen LogP contribution in [0.4, 0.5) is 0 Å². The van der Waals surface area contributed by atoms with E-state index >= 15 is 0 Å². The predicted octanol–water partition coefficient (Wildman–Crippen LogP) is 2.05. The number of aromatic nitrogens is 2. The lowest BCUT2D eigenvalue weighted by molar-refractivity contribution is 0.112. The van der Waals surface area contributed by atoms with Crippen molar-refractivity contribution in [2.24, 2.45) is 0 Å². The SMILES string of the molecule is Cc1ccn(-c2csc(C=O)c2)n1. The lowest BCUT2D eigenvalue weighted by Crippen LogP contribution is -1.91. The average molecular weight is 192 g/mol. The highest BCUT2D eigenvalue weighted by molar-refractivity contribution is 7.12. The van der Waals surface area contributed by atoms with Crippen LogP contribution >= 0.6 is 11.3 Å². The van der Waals surface area contributed by atoms with Gasteiger partial charge in [-0.15, -0.1) is 11.3 Å². The van der Waals surface area contributed by atoms with Crippen LogP contribution in [0.15, 0.2) is 23.7 Å². The second kappa shape index (κ2) is 3.14. The molecule has 0 aromatic carbocycles. The van der Waals surface area contributed by atoms with Gasteiger partial charge in [0.2, 0.25) is 0 Å². The van der Waals surface area contributed by atoms with E-state index in [4.69, 9.17) is 0 Å². The minimum absolute atomic E-state index is 0.725. The minimum Gasteiger partial charge on any atom is -0.297 e. The molecule has 0 radical (unpaired) electrons. The summed E-state index contributed by atoms with van der Waals surface area (Å²) >= 11 is 1.42. The maximum Gasteiger partial charge on any atom is 0.160 e. The van der Waals surface area contributed by atoms with Gasteiger partial charge in [-0.25, -0.2) is 4.68 Å². The van der Waals surface area contributed by atoms with E-state index in [-0.39, 0.29) is 0 Å². The summed E-state index contributed by atoms with van der Waals surface area (Å²) in [5.41, 5.74) is 1.92. The molecule has 2 aromatic rings. The molecule has 13 heavy (non-hydrogen) atoms. The number of rotatable bonds is 2. The lowest BCUT2D eigenvalue weighted by Gasteiger charge is -1.93. The largest absolute Gasteiger partial charge is 0.297 e. The number of aryl methyl sites for hydroxylation is 1. The molecule has 0 amide bonds. The first-order valence-electron chi connectivity index (χ1n) is 3.86. The van der Waals surface area contributed by atoms with E-state index in [1.807, 2.05) is 30.6 Å². The molecule has 0 spiro atoms. The maximum atomic E-state index is 10.4. The Bertz CT molecular complexity index is 430. The molecule has 66 valence electrons. The van der Waals surface area contributed by atoms with Crippen molar-refractivity contribution < 1.29 is 4.79 Å². The van der Waals surface area contributed by atoms with Crippen LogP contribution in [0, 0.1) is 6.92 Å². The second-order valence-electron chi connectivity index (χ2n) is 2.73. The van der Waals surface area contributed by atoms with Gasteiger partial charge in [0.25, 0.3) is 0 Å². The van der Waals surface area contributed by atoms with Crippen molar-refractivity contribution in [2.75, 3.05) is 0 Å². The second-order valence-corrected chi connectivity index (χ2v) is 3.67. The fraction of sp³-hybridized carbons (Fsp3) is 0.111. The van der Waals surface area contributed by atoms with E-state index in [0.29, 0.717) is 0 Å². The summed E-state index contributed by atoms with van der Waals surface area (Å²) in [7, 11) is 0. The van der Waals surface area contributed by atoms with Crippen LogP contribution in [0.2, 0.25) is 0 Å². The van der Waals surface area contributed by atoms with E-state index in [2.05, 4.69) is 5.10 Å². The summed E-state index contributed by atoms with van der Waals surface area (Å²) in [5.74, 6) is 0. The zero-order chi connectivity index (χ0) is 9.26. The predicted molar refractivity (Wildman–Crippen MR) is 51.6 cm³/mol. The summed E-state index contributed by atoms with van der Waals surface area (Å²) in [4.78, 5) is 11.2. The molecular weight excluding hydrogens is 184 g/mol. The van der Waals surface area contributed by atoms with E-state index in [1.54, 1.807) is 4.68 Å². The Labute approximate surface area is 79.6 Å². The Kier molecular flexibility index (Phi) is 1.98. The van der Waals surface area contributed by atoms with Crippen molar-refractivity contribution in [3.8, 4) is 5.69 Å². The number of aldehydes is 1. The first kappa shape index (κ1) is 8.19. The molecule has 2 aromatic heterocycles. The van der Waals surface area contributed by atoms with Crippen LogP contribution in [-0.4, -0.2) is 16.1 Å². The van der Waals surface area contributed by atoms with Gasteiger partial charge >= 0.3 is 0 Å². The molecule has 0 bridgehead atoms. The smallest absolute Gasteiger partial charge is 0.160 e. The Morgan fingerprint density at radius 2 is 2.46 bits per heavy atom. The molecule has 0 aliphatic carbocycles. The summed E-state index contributed by atoms with van der Waals surface area (Å²) < 4.78 is 1.76. The van der Waals surface area contributed by atoms with Crippen LogP contribution in [0.5, 0.6) is 0 Å². The minimum atomic E-state index is 0.725. The number of hydrogen-bond acceptors (Lipinski definition) is 3. The molecule has 2 rings (SSSR count). The standard InChI is InChI=1S/C9H8N2OS/c1-7-2-3-11(10-7)8-4-9(5-12)13-6-8/h2-6H,1H3. The normalized spacial score (nSPS) is 10.2. The molecule has 0 aliphatic rings. The van der Waals surface area contributed by atoms with Crippen LogP contribution < -0.4 is 0 Å². The monoisotopic (exact) mass is 192 g/mol. The van der Waals surface area contributed by atoms with Crippen LogP contribution in [-0.2, 0) is 0 Å². The average Bonchev–Trinajstić information content (AvgIpc) is 2.71. The van der Waals surface area contributed by atoms with E-state index < -0.39 is 0 Å². The van der Waals surface area contributed by atoms with Crippen LogP contribution in [0.3, 0.4) is 0 Å².